The molecule has 2 aromatic rings. The molecular weight excluding hydrogens is 371 g/mol. The Morgan fingerprint density at radius 2 is 1.71 bits per heavy atom. The van der Waals surface area contributed by atoms with E-state index in [-0.39, 0.29) is 16.1 Å². The number of nitrogens with zero attached hydrogens (tertiary/aromatic N) is 2. The molecule has 1 aromatic carbocycles. The molecule has 0 unspecified atom stereocenters. The van der Waals surface area contributed by atoms with Gasteiger partial charge in [-0.3, -0.25) is 4.90 Å². The third kappa shape index (κ3) is 3.65. The van der Waals surface area contributed by atoms with Gasteiger partial charge in [0.1, 0.15) is 10.0 Å². The smallest absolute Gasteiger partial charge is 0.252 e. The molecule has 130 valence electrons. The first-order chi connectivity index (χ1) is 11.4. The van der Waals surface area contributed by atoms with E-state index in [0.717, 1.165) is 16.9 Å². The number of sulfonamides is 1. The second kappa shape index (κ2) is 7.09. The van der Waals surface area contributed by atoms with Gasteiger partial charge in [0.25, 0.3) is 10.0 Å². The van der Waals surface area contributed by atoms with E-state index < -0.39 is 10.0 Å². The molecule has 24 heavy (non-hydrogen) atoms. The molecule has 1 aliphatic rings. The lowest BCUT2D eigenvalue weighted by Crippen LogP contribution is -2.49. The van der Waals surface area contributed by atoms with Gasteiger partial charge in [-0.25, -0.2) is 12.8 Å². The Hall–Kier alpha value is -0.990. The second-order valence-electron chi connectivity index (χ2n) is 5.73. The van der Waals surface area contributed by atoms with Crippen LogP contribution < -0.4 is 0 Å². The Balaban J connectivity index is 1.66. The van der Waals surface area contributed by atoms with Crippen LogP contribution in [0.5, 0.6) is 0 Å². The van der Waals surface area contributed by atoms with E-state index in [1.807, 2.05) is 0 Å². The number of piperazine rings is 1. The molecule has 1 fully saturated rings. The molecule has 8 heteroatoms. The largest absolute Gasteiger partial charge is 0.294 e. The summed E-state index contributed by atoms with van der Waals surface area (Å²) in [5.74, 6) is -0.253. The molecule has 0 spiro atoms. The minimum Gasteiger partial charge on any atom is -0.294 e. The van der Waals surface area contributed by atoms with Crippen LogP contribution in [0.3, 0.4) is 0 Å². The highest BCUT2D eigenvalue weighted by Crippen LogP contribution is 2.29. The minimum atomic E-state index is -3.47. The van der Waals surface area contributed by atoms with Crippen molar-refractivity contribution in [1.82, 2.24) is 9.21 Å². The van der Waals surface area contributed by atoms with Crippen molar-refractivity contribution in [3.8, 4) is 0 Å². The topological polar surface area (TPSA) is 40.6 Å². The Kier molecular flexibility index (Phi) is 5.27. The standard InChI is InChI=1S/C16H18ClFN2O2S2/c1-12(13-2-4-14(18)5-3-13)19-8-10-20(11-9-19)24(21,22)16-7-6-15(17)23-16/h2-7,12H,8-11H2,1H3/t12-/m0/s1. The van der Waals surface area contributed by atoms with Gasteiger partial charge in [-0.15, -0.1) is 11.3 Å². The highest BCUT2D eigenvalue weighted by molar-refractivity contribution is 7.91. The van der Waals surface area contributed by atoms with Crippen molar-refractivity contribution in [2.24, 2.45) is 0 Å². The minimum absolute atomic E-state index is 0.117. The maximum Gasteiger partial charge on any atom is 0.252 e. The van der Waals surface area contributed by atoms with Crippen LogP contribution in [0.2, 0.25) is 4.34 Å². The summed E-state index contributed by atoms with van der Waals surface area (Å²) in [7, 11) is -3.47. The lowest BCUT2D eigenvalue weighted by molar-refractivity contribution is 0.146. The van der Waals surface area contributed by atoms with Crippen LogP contribution in [-0.2, 0) is 10.0 Å². The Bertz CT molecular complexity index is 800. The van der Waals surface area contributed by atoms with Gasteiger partial charge in [0, 0.05) is 32.2 Å². The van der Waals surface area contributed by atoms with Gasteiger partial charge in [-0.1, -0.05) is 23.7 Å². The zero-order valence-corrected chi connectivity index (χ0v) is 15.5. The van der Waals surface area contributed by atoms with E-state index in [9.17, 15) is 12.8 Å². The Labute approximate surface area is 150 Å². The van der Waals surface area contributed by atoms with Crippen molar-refractivity contribution in [3.05, 3.63) is 52.1 Å². The highest BCUT2D eigenvalue weighted by atomic mass is 35.5. The van der Waals surface area contributed by atoms with Gasteiger partial charge >= 0.3 is 0 Å². The predicted molar refractivity (Wildman–Crippen MR) is 94.5 cm³/mol. The van der Waals surface area contributed by atoms with E-state index in [2.05, 4.69) is 11.8 Å². The van der Waals surface area contributed by atoms with Crippen LogP contribution in [0.25, 0.3) is 0 Å². The van der Waals surface area contributed by atoms with Crippen LogP contribution in [-0.4, -0.2) is 43.8 Å². The maximum absolute atomic E-state index is 13.0. The summed E-state index contributed by atoms with van der Waals surface area (Å²) in [6.07, 6.45) is 0. The molecule has 2 heterocycles. The fourth-order valence-corrected chi connectivity index (χ4v) is 5.91. The summed E-state index contributed by atoms with van der Waals surface area (Å²) in [5, 5.41) is 0. The monoisotopic (exact) mass is 388 g/mol. The van der Waals surface area contributed by atoms with E-state index >= 15 is 0 Å². The number of hydrogen-bond donors (Lipinski definition) is 0. The number of thiophene rings is 1. The summed E-state index contributed by atoms with van der Waals surface area (Å²) in [5.41, 5.74) is 1.03. The molecular formula is C16H18ClFN2O2S2. The van der Waals surface area contributed by atoms with Gasteiger partial charge in [0.05, 0.1) is 4.34 Å². The van der Waals surface area contributed by atoms with Crippen LogP contribution in [0.4, 0.5) is 4.39 Å². The predicted octanol–water partition coefficient (Wildman–Crippen LogP) is 3.61. The number of halogens is 2. The highest BCUT2D eigenvalue weighted by Gasteiger charge is 2.31. The first-order valence-electron chi connectivity index (χ1n) is 7.63. The van der Waals surface area contributed by atoms with Crippen LogP contribution >= 0.6 is 22.9 Å². The maximum atomic E-state index is 13.0. The van der Waals surface area contributed by atoms with Crippen molar-refractivity contribution < 1.29 is 12.8 Å². The van der Waals surface area contributed by atoms with Gasteiger partial charge < -0.3 is 0 Å². The first-order valence-corrected chi connectivity index (χ1v) is 10.3. The molecule has 0 bridgehead atoms. The Morgan fingerprint density at radius 3 is 2.25 bits per heavy atom. The van der Waals surface area contributed by atoms with E-state index in [0.29, 0.717) is 30.5 Å². The van der Waals surface area contributed by atoms with Gasteiger partial charge in [-0.2, -0.15) is 4.31 Å². The van der Waals surface area contributed by atoms with E-state index in [1.54, 1.807) is 24.3 Å². The molecule has 1 aromatic heterocycles. The summed E-state index contributed by atoms with van der Waals surface area (Å²) in [6.45, 7) is 4.19. The van der Waals surface area contributed by atoms with Crippen LogP contribution in [0.1, 0.15) is 18.5 Å². The summed E-state index contributed by atoms with van der Waals surface area (Å²) < 4.78 is 40.5. The number of rotatable bonds is 4. The van der Waals surface area contributed by atoms with Gasteiger partial charge in [0.2, 0.25) is 0 Å². The normalized spacial score (nSPS) is 18.6. The molecule has 1 atom stereocenters. The average Bonchev–Trinajstić information content (AvgIpc) is 3.02. The van der Waals surface area contributed by atoms with Crippen molar-refractivity contribution in [2.75, 3.05) is 26.2 Å². The zero-order chi connectivity index (χ0) is 17.3. The Morgan fingerprint density at radius 1 is 1.08 bits per heavy atom. The molecule has 3 rings (SSSR count). The molecule has 1 saturated heterocycles. The molecule has 1 aliphatic heterocycles. The lowest BCUT2D eigenvalue weighted by Gasteiger charge is -2.37. The molecule has 4 nitrogen and oxygen atoms in total. The average molecular weight is 389 g/mol. The third-order valence-corrected chi connectivity index (χ3v) is 7.91. The van der Waals surface area contributed by atoms with Crippen molar-refractivity contribution in [1.29, 1.82) is 0 Å². The van der Waals surface area contributed by atoms with E-state index in [1.165, 1.54) is 16.4 Å². The first kappa shape index (κ1) is 17.8. The molecule has 0 saturated carbocycles. The quantitative estimate of drug-likeness (QED) is 0.803. The fraction of sp³-hybridized carbons (Fsp3) is 0.375. The number of hydrogen-bond acceptors (Lipinski definition) is 4. The summed E-state index contributed by atoms with van der Waals surface area (Å²) in [4.78, 5) is 2.21. The molecule has 0 amide bonds. The molecule has 0 radical (unpaired) electrons. The molecule has 0 N–H and O–H groups in total. The lowest BCUT2D eigenvalue weighted by atomic mass is 10.1. The second-order valence-corrected chi connectivity index (χ2v) is 9.61. The fourth-order valence-electron chi connectivity index (χ4n) is 2.85. The zero-order valence-electron chi connectivity index (χ0n) is 13.2. The van der Waals surface area contributed by atoms with E-state index in [4.69, 9.17) is 11.6 Å². The van der Waals surface area contributed by atoms with Crippen LogP contribution in [0.15, 0.2) is 40.6 Å². The van der Waals surface area contributed by atoms with Crippen molar-refractivity contribution in [2.45, 2.75) is 17.2 Å². The van der Waals surface area contributed by atoms with Crippen LogP contribution in [0, 0.1) is 5.82 Å². The molecule has 0 aliphatic carbocycles. The summed E-state index contributed by atoms with van der Waals surface area (Å²) in [6, 6.07) is 9.72. The van der Waals surface area contributed by atoms with Crippen molar-refractivity contribution >= 4 is 33.0 Å². The van der Waals surface area contributed by atoms with Gasteiger partial charge in [0.15, 0.2) is 0 Å². The summed E-state index contributed by atoms with van der Waals surface area (Å²) >= 11 is 6.93. The van der Waals surface area contributed by atoms with Gasteiger partial charge in [-0.05, 0) is 36.8 Å². The van der Waals surface area contributed by atoms with Crippen molar-refractivity contribution in [3.63, 3.8) is 0 Å². The number of benzene rings is 1. The SMILES string of the molecule is C[C@@H](c1ccc(F)cc1)N1CCN(S(=O)(=O)c2ccc(Cl)s2)CC1. The third-order valence-electron chi connectivity index (χ3n) is 4.32.